The molecule has 1 amide bonds. The molecule has 2 aromatic heterocycles. The van der Waals surface area contributed by atoms with E-state index in [1.54, 1.807) is 18.4 Å². The van der Waals surface area contributed by atoms with E-state index >= 15 is 0 Å². The summed E-state index contributed by atoms with van der Waals surface area (Å²) < 4.78 is 5.26. The van der Waals surface area contributed by atoms with Crippen LogP contribution in [0.1, 0.15) is 34.3 Å². The first-order valence-electron chi connectivity index (χ1n) is 10.7. The summed E-state index contributed by atoms with van der Waals surface area (Å²) in [6.07, 6.45) is 4.00. The van der Waals surface area contributed by atoms with Gasteiger partial charge in [-0.2, -0.15) is 0 Å². The lowest BCUT2D eigenvalue weighted by molar-refractivity contribution is 0.0657. The molecule has 8 heteroatoms. The van der Waals surface area contributed by atoms with Crippen molar-refractivity contribution >= 4 is 23.2 Å². The summed E-state index contributed by atoms with van der Waals surface area (Å²) in [5, 5.41) is 5.80. The summed E-state index contributed by atoms with van der Waals surface area (Å²) in [7, 11) is 4.08. The van der Waals surface area contributed by atoms with Crippen molar-refractivity contribution in [2.75, 3.05) is 53.4 Å². The Labute approximate surface area is 182 Å². The number of piperazine rings is 1. The van der Waals surface area contributed by atoms with Crippen molar-refractivity contribution in [3.63, 3.8) is 0 Å². The summed E-state index contributed by atoms with van der Waals surface area (Å²) in [5.41, 5.74) is 0. The Morgan fingerprint density at radius 1 is 1.20 bits per heavy atom. The van der Waals surface area contributed by atoms with E-state index in [0.717, 1.165) is 32.1 Å². The van der Waals surface area contributed by atoms with Crippen LogP contribution < -0.4 is 5.32 Å². The maximum absolute atomic E-state index is 12.5. The molecule has 0 radical (unpaired) electrons. The number of carbonyl (C=O) groups excluding carboxylic acids is 1. The lowest BCUT2D eigenvalue weighted by Gasteiger charge is -2.40. The number of aliphatic imine (C=N–C) groups is 1. The molecule has 2 unspecified atom stereocenters. The molecular formula is C22H31N5O2S. The van der Waals surface area contributed by atoms with Crippen molar-refractivity contribution in [2.45, 2.75) is 18.9 Å². The summed E-state index contributed by atoms with van der Waals surface area (Å²) >= 11 is 1.85. The number of thiophene rings is 1. The third-order valence-corrected chi connectivity index (χ3v) is 7.12. The molecule has 2 fully saturated rings. The van der Waals surface area contributed by atoms with E-state index in [-0.39, 0.29) is 5.91 Å². The molecule has 2 aliphatic heterocycles. The number of nitrogens with zero attached hydrogens (tertiary/aromatic N) is 4. The molecule has 0 aromatic carbocycles. The van der Waals surface area contributed by atoms with E-state index in [0.29, 0.717) is 30.8 Å². The molecule has 4 heterocycles. The lowest BCUT2D eigenvalue weighted by Crippen LogP contribution is -2.54. The summed E-state index contributed by atoms with van der Waals surface area (Å²) in [6, 6.07) is 8.35. The standard InChI is InChI=1S/C22H31N5O2S/c1-23-22(27-12-10-26(11-13-27)21(28)18-7-4-14-29-18)24-16-17-6-3-9-25(2)20(17)19-8-5-15-30-19/h4-5,7-8,14-15,17,20H,3,6,9-13,16H2,1-2H3,(H,23,24). The van der Waals surface area contributed by atoms with Gasteiger partial charge in [0.2, 0.25) is 0 Å². The summed E-state index contributed by atoms with van der Waals surface area (Å²) in [4.78, 5) is 25.0. The van der Waals surface area contributed by atoms with Gasteiger partial charge in [0.05, 0.1) is 6.26 Å². The first-order valence-corrected chi connectivity index (χ1v) is 11.6. The van der Waals surface area contributed by atoms with Crippen LogP contribution in [0.15, 0.2) is 45.3 Å². The zero-order valence-electron chi connectivity index (χ0n) is 17.8. The van der Waals surface area contributed by atoms with Gasteiger partial charge in [0.1, 0.15) is 0 Å². The Morgan fingerprint density at radius 2 is 2.00 bits per heavy atom. The highest BCUT2D eigenvalue weighted by atomic mass is 32.1. The van der Waals surface area contributed by atoms with Gasteiger partial charge in [0, 0.05) is 50.7 Å². The molecule has 0 bridgehead atoms. The van der Waals surface area contributed by atoms with Crippen molar-refractivity contribution in [3.8, 4) is 0 Å². The van der Waals surface area contributed by atoms with Gasteiger partial charge < -0.3 is 19.5 Å². The van der Waals surface area contributed by atoms with E-state index in [1.165, 1.54) is 17.7 Å². The number of rotatable bonds is 4. The highest BCUT2D eigenvalue weighted by molar-refractivity contribution is 7.10. The van der Waals surface area contributed by atoms with Crippen molar-refractivity contribution in [2.24, 2.45) is 10.9 Å². The Balaban J connectivity index is 1.32. The minimum absolute atomic E-state index is 0.0355. The van der Waals surface area contributed by atoms with Gasteiger partial charge in [-0.15, -0.1) is 11.3 Å². The van der Waals surface area contributed by atoms with Crippen LogP contribution in [0.25, 0.3) is 0 Å². The molecule has 2 aliphatic rings. The zero-order chi connectivity index (χ0) is 20.9. The van der Waals surface area contributed by atoms with E-state index in [2.05, 4.69) is 44.7 Å². The maximum Gasteiger partial charge on any atom is 0.289 e. The van der Waals surface area contributed by atoms with Crippen molar-refractivity contribution in [1.29, 1.82) is 0 Å². The fourth-order valence-electron chi connectivity index (χ4n) is 4.61. The van der Waals surface area contributed by atoms with Crippen LogP contribution in [0.5, 0.6) is 0 Å². The van der Waals surface area contributed by atoms with Crippen LogP contribution >= 0.6 is 11.3 Å². The molecule has 30 heavy (non-hydrogen) atoms. The molecule has 2 saturated heterocycles. The number of hydrogen-bond acceptors (Lipinski definition) is 5. The van der Waals surface area contributed by atoms with Gasteiger partial charge in [0.15, 0.2) is 11.7 Å². The number of guanidine groups is 1. The second-order valence-electron chi connectivity index (χ2n) is 8.03. The third kappa shape index (κ3) is 4.54. The van der Waals surface area contributed by atoms with Crippen LogP contribution in [-0.2, 0) is 0 Å². The number of piperidine rings is 1. The van der Waals surface area contributed by atoms with Gasteiger partial charge in [-0.05, 0) is 55.9 Å². The predicted octanol–water partition coefficient (Wildman–Crippen LogP) is 2.76. The first kappa shape index (κ1) is 20.9. The Hall–Kier alpha value is -2.32. The molecule has 0 spiro atoms. The van der Waals surface area contributed by atoms with E-state index in [1.807, 2.05) is 23.3 Å². The molecular weight excluding hydrogens is 398 g/mol. The normalized spacial score (nSPS) is 23.6. The number of likely N-dealkylation sites (tertiary alicyclic amines) is 1. The smallest absolute Gasteiger partial charge is 0.289 e. The largest absolute Gasteiger partial charge is 0.459 e. The second-order valence-corrected chi connectivity index (χ2v) is 9.01. The molecule has 0 saturated carbocycles. The van der Waals surface area contributed by atoms with Gasteiger partial charge in [0.25, 0.3) is 5.91 Å². The Bertz CT molecular complexity index is 828. The number of furan rings is 1. The van der Waals surface area contributed by atoms with Gasteiger partial charge in [-0.1, -0.05) is 6.07 Å². The van der Waals surface area contributed by atoms with Crippen molar-refractivity contribution in [1.82, 2.24) is 20.0 Å². The number of carbonyl (C=O) groups is 1. The molecule has 162 valence electrons. The molecule has 2 atom stereocenters. The van der Waals surface area contributed by atoms with E-state index in [4.69, 9.17) is 4.42 Å². The second kappa shape index (κ2) is 9.66. The number of hydrogen-bond donors (Lipinski definition) is 1. The minimum atomic E-state index is -0.0355. The van der Waals surface area contributed by atoms with Gasteiger partial charge in [-0.3, -0.25) is 14.7 Å². The quantitative estimate of drug-likeness (QED) is 0.598. The topological polar surface area (TPSA) is 64.3 Å². The molecule has 7 nitrogen and oxygen atoms in total. The maximum atomic E-state index is 12.5. The van der Waals surface area contributed by atoms with Gasteiger partial charge in [-0.25, -0.2) is 0 Å². The van der Waals surface area contributed by atoms with Crippen molar-refractivity contribution < 1.29 is 9.21 Å². The van der Waals surface area contributed by atoms with Gasteiger partial charge >= 0.3 is 0 Å². The van der Waals surface area contributed by atoms with Crippen LogP contribution in [0.3, 0.4) is 0 Å². The average molecular weight is 430 g/mol. The average Bonchev–Trinajstić information content (AvgIpc) is 3.49. The number of nitrogens with one attached hydrogen (secondary N) is 1. The molecule has 2 aromatic rings. The number of amides is 1. The SMILES string of the molecule is CN=C(NCC1CCCN(C)C1c1cccs1)N1CCN(C(=O)c2ccco2)CC1. The van der Waals surface area contributed by atoms with E-state index < -0.39 is 0 Å². The predicted molar refractivity (Wildman–Crippen MR) is 120 cm³/mol. The zero-order valence-corrected chi connectivity index (χ0v) is 18.6. The molecule has 4 rings (SSSR count). The Morgan fingerprint density at radius 3 is 2.67 bits per heavy atom. The molecule has 0 aliphatic carbocycles. The first-order chi connectivity index (χ1) is 14.7. The minimum Gasteiger partial charge on any atom is -0.459 e. The summed E-state index contributed by atoms with van der Waals surface area (Å²) in [6.45, 7) is 4.94. The van der Waals surface area contributed by atoms with Crippen molar-refractivity contribution in [3.05, 3.63) is 46.5 Å². The Kier molecular flexibility index (Phi) is 6.74. The monoisotopic (exact) mass is 429 g/mol. The van der Waals surface area contributed by atoms with Crippen LogP contribution in [0.4, 0.5) is 0 Å². The fraction of sp³-hybridized carbons (Fsp3) is 0.545. The fourth-order valence-corrected chi connectivity index (χ4v) is 5.60. The molecule has 1 N–H and O–H groups in total. The van der Waals surface area contributed by atoms with Crippen LogP contribution in [0, 0.1) is 5.92 Å². The highest BCUT2D eigenvalue weighted by Crippen LogP contribution is 2.36. The van der Waals surface area contributed by atoms with E-state index in [9.17, 15) is 4.79 Å². The van der Waals surface area contributed by atoms with Crippen LogP contribution in [-0.4, -0.2) is 79.9 Å². The lowest BCUT2D eigenvalue weighted by atomic mass is 9.88. The third-order valence-electron chi connectivity index (χ3n) is 6.17. The highest BCUT2D eigenvalue weighted by Gasteiger charge is 2.32. The van der Waals surface area contributed by atoms with Crippen LogP contribution in [0.2, 0.25) is 0 Å². The summed E-state index contributed by atoms with van der Waals surface area (Å²) in [5.74, 6) is 1.86.